The number of nitrogens with zero attached hydrogens (tertiary/aromatic N) is 1. The molecule has 0 aromatic carbocycles. The van der Waals surface area contributed by atoms with Crippen LogP contribution in [0.15, 0.2) is 28.2 Å². The van der Waals surface area contributed by atoms with Gasteiger partial charge in [-0.3, -0.25) is 4.79 Å². The molecule has 2 aromatic heterocycles. The van der Waals surface area contributed by atoms with Crippen LogP contribution in [0.25, 0.3) is 0 Å². The Labute approximate surface area is 111 Å². The van der Waals surface area contributed by atoms with Crippen LogP contribution in [0.4, 0.5) is 11.4 Å². The molecule has 0 atom stereocenters. The number of rotatable bonds is 2. The maximum atomic E-state index is 11.9. The summed E-state index contributed by atoms with van der Waals surface area (Å²) in [6.45, 7) is 1.83. The molecule has 0 bridgehead atoms. The maximum absolute atomic E-state index is 11.9. The summed E-state index contributed by atoms with van der Waals surface area (Å²) in [6.07, 6.45) is 0. The van der Waals surface area contributed by atoms with Crippen LogP contribution in [0.3, 0.4) is 0 Å². The van der Waals surface area contributed by atoms with Crippen LogP contribution in [-0.4, -0.2) is 10.9 Å². The molecule has 0 aliphatic carbocycles. The summed E-state index contributed by atoms with van der Waals surface area (Å²) >= 11 is 4.59. The molecule has 6 heteroatoms. The van der Waals surface area contributed by atoms with E-state index in [-0.39, 0.29) is 5.91 Å². The Morgan fingerprint density at radius 1 is 1.47 bits per heavy atom. The first kappa shape index (κ1) is 12.1. The number of hydrogen-bond acceptors (Lipinski definition) is 4. The first-order chi connectivity index (χ1) is 8.08. The van der Waals surface area contributed by atoms with Crippen molar-refractivity contribution in [3.8, 4) is 0 Å². The average molecular weight is 312 g/mol. The van der Waals surface area contributed by atoms with Gasteiger partial charge in [0.25, 0.3) is 5.91 Å². The Morgan fingerprint density at radius 3 is 2.82 bits per heavy atom. The Morgan fingerprint density at radius 2 is 2.24 bits per heavy atom. The molecular formula is C11H10BrN3OS. The average Bonchev–Trinajstić information content (AvgIpc) is 2.68. The van der Waals surface area contributed by atoms with Crippen molar-refractivity contribution in [2.75, 3.05) is 11.1 Å². The predicted molar refractivity (Wildman–Crippen MR) is 73.4 cm³/mol. The van der Waals surface area contributed by atoms with Gasteiger partial charge in [0.15, 0.2) is 0 Å². The molecule has 17 heavy (non-hydrogen) atoms. The smallest absolute Gasteiger partial charge is 0.267 e. The summed E-state index contributed by atoms with van der Waals surface area (Å²) in [7, 11) is 0. The summed E-state index contributed by atoms with van der Waals surface area (Å²) < 4.78 is 0.739. The zero-order chi connectivity index (χ0) is 12.4. The summed E-state index contributed by atoms with van der Waals surface area (Å²) in [6, 6.07) is 5.29. The second-order valence-corrected chi connectivity index (χ2v) is 5.15. The number of nitrogens with two attached hydrogens (primary N) is 1. The molecule has 0 aliphatic rings. The number of halogens is 1. The van der Waals surface area contributed by atoms with Crippen molar-refractivity contribution < 1.29 is 4.79 Å². The Hall–Kier alpha value is -1.40. The molecule has 2 aromatic rings. The molecule has 2 heterocycles. The standard InChI is InChI=1S/C11H10BrN3OS/c1-6-8(2-3-9(12)14-6)15-11(16)10-7(13)4-5-17-10/h2-5H,13H2,1H3,(H,15,16). The number of nitrogen functional groups attached to an aromatic ring is 1. The van der Waals surface area contributed by atoms with Crippen LogP contribution in [-0.2, 0) is 0 Å². The quantitative estimate of drug-likeness (QED) is 0.838. The number of thiophene rings is 1. The van der Waals surface area contributed by atoms with E-state index in [1.807, 2.05) is 6.92 Å². The fourth-order valence-electron chi connectivity index (χ4n) is 1.35. The summed E-state index contributed by atoms with van der Waals surface area (Å²) in [5.41, 5.74) is 7.62. The van der Waals surface area contributed by atoms with Gasteiger partial charge in [-0.15, -0.1) is 11.3 Å². The fraction of sp³-hybridized carbons (Fsp3) is 0.0909. The summed E-state index contributed by atoms with van der Waals surface area (Å²) in [4.78, 5) is 16.6. The number of anilines is 2. The maximum Gasteiger partial charge on any atom is 0.267 e. The minimum atomic E-state index is -0.204. The largest absolute Gasteiger partial charge is 0.397 e. The van der Waals surface area contributed by atoms with Gasteiger partial charge >= 0.3 is 0 Å². The molecule has 4 nitrogen and oxygen atoms in total. The van der Waals surface area contributed by atoms with E-state index < -0.39 is 0 Å². The summed E-state index contributed by atoms with van der Waals surface area (Å²) in [5, 5.41) is 4.58. The van der Waals surface area contributed by atoms with Gasteiger partial charge in [0.1, 0.15) is 9.48 Å². The van der Waals surface area contributed by atoms with Crippen molar-refractivity contribution in [3.63, 3.8) is 0 Å². The van der Waals surface area contributed by atoms with E-state index in [2.05, 4.69) is 26.2 Å². The van der Waals surface area contributed by atoms with E-state index in [1.54, 1.807) is 23.6 Å². The van der Waals surface area contributed by atoms with Crippen molar-refractivity contribution in [2.45, 2.75) is 6.92 Å². The number of carbonyl (C=O) groups excluding carboxylic acids is 1. The van der Waals surface area contributed by atoms with E-state index in [4.69, 9.17) is 5.73 Å². The predicted octanol–water partition coefficient (Wildman–Crippen LogP) is 3.05. The van der Waals surface area contributed by atoms with Gasteiger partial charge in [0, 0.05) is 0 Å². The van der Waals surface area contributed by atoms with Crippen molar-refractivity contribution in [2.24, 2.45) is 0 Å². The second-order valence-electron chi connectivity index (χ2n) is 3.43. The zero-order valence-corrected chi connectivity index (χ0v) is 11.4. The first-order valence-electron chi connectivity index (χ1n) is 4.85. The van der Waals surface area contributed by atoms with Crippen molar-refractivity contribution in [3.05, 3.63) is 38.8 Å². The molecule has 0 aliphatic heterocycles. The summed E-state index contributed by atoms with van der Waals surface area (Å²) in [5.74, 6) is -0.204. The van der Waals surface area contributed by atoms with Crippen LogP contribution >= 0.6 is 27.3 Å². The van der Waals surface area contributed by atoms with Gasteiger partial charge in [-0.05, 0) is 46.4 Å². The molecule has 0 unspecified atom stereocenters. The molecule has 0 saturated heterocycles. The lowest BCUT2D eigenvalue weighted by Gasteiger charge is -2.07. The van der Waals surface area contributed by atoms with Crippen LogP contribution in [0, 0.1) is 6.92 Å². The van der Waals surface area contributed by atoms with Gasteiger partial charge in [0.2, 0.25) is 0 Å². The number of hydrogen-bond donors (Lipinski definition) is 2. The molecule has 0 radical (unpaired) electrons. The highest BCUT2D eigenvalue weighted by Gasteiger charge is 2.12. The van der Waals surface area contributed by atoms with E-state index in [0.29, 0.717) is 16.3 Å². The molecule has 0 saturated carbocycles. The highest BCUT2D eigenvalue weighted by Crippen LogP contribution is 2.22. The number of aromatic nitrogens is 1. The van der Waals surface area contributed by atoms with E-state index in [9.17, 15) is 4.79 Å². The van der Waals surface area contributed by atoms with E-state index in [0.717, 1.165) is 10.3 Å². The minimum Gasteiger partial charge on any atom is -0.397 e. The van der Waals surface area contributed by atoms with Crippen molar-refractivity contribution in [1.82, 2.24) is 4.98 Å². The van der Waals surface area contributed by atoms with E-state index >= 15 is 0 Å². The van der Waals surface area contributed by atoms with Gasteiger partial charge in [-0.25, -0.2) is 4.98 Å². The molecule has 0 spiro atoms. The monoisotopic (exact) mass is 311 g/mol. The van der Waals surface area contributed by atoms with Crippen LogP contribution in [0.2, 0.25) is 0 Å². The Balaban J connectivity index is 2.22. The lowest BCUT2D eigenvalue weighted by molar-refractivity contribution is 0.103. The zero-order valence-electron chi connectivity index (χ0n) is 9.03. The lowest BCUT2D eigenvalue weighted by atomic mass is 10.3. The normalized spacial score (nSPS) is 10.2. The molecular weight excluding hydrogens is 302 g/mol. The highest BCUT2D eigenvalue weighted by molar-refractivity contribution is 9.10. The number of aryl methyl sites for hydroxylation is 1. The third-order valence-corrected chi connectivity index (χ3v) is 3.57. The van der Waals surface area contributed by atoms with Crippen LogP contribution in [0.5, 0.6) is 0 Å². The molecule has 88 valence electrons. The number of nitrogens with one attached hydrogen (secondary N) is 1. The minimum absolute atomic E-state index is 0.204. The SMILES string of the molecule is Cc1nc(Br)ccc1NC(=O)c1sccc1N. The van der Waals surface area contributed by atoms with Crippen molar-refractivity contribution >= 4 is 44.5 Å². The molecule has 0 fully saturated rings. The molecule has 3 N–H and O–H groups in total. The topological polar surface area (TPSA) is 68.0 Å². The van der Waals surface area contributed by atoms with Crippen molar-refractivity contribution in [1.29, 1.82) is 0 Å². The number of amides is 1. The third-order valence-electron chi connectivity index (χ3n) is 2.20. The van der Waals surface area contributed by atoms with Crippen LogP contribution < -0.4 is 11.1 Å². The molecule has 2 rings (SSSR count). The first-order valence-corrected chi connectivity index (χ1v) is 6.52. The highest BCUT2D eigenvalue weighted by atomic mass is 79.9. The second kappa shape index (κ2) is 4.85. The lowest BCUT2D eigenvalue weighted by Crippen LogP contribution is -2.13. The van der Waals surface area contributed by atoms with Gasteiger partial charge < -0.3 is 11.1 Å². The van der Waals surface area contributed by atoms with Gasteiger partial charge in [0.05, 0.1) is 17.1 Å². The van der Waals surface area contributed by atoms with E-state index in [1.165, 1.54) is 11.3 Å². The Kier molecular flexibility index (Phi) is 3.44. The Bertz CT molecular complexity index is 568. The number of pyridine rings is 1. The fourth-order valence-corrected chi connectivity index (χ4v) is 2.46. The van der Waals surface area contributed by atoms with Crippen LogP contribution in [0.1, 0.15) is 15.4 Å². The number of carbonyl (C=O) groups is 1. The van der Waals surface area contributed by atoms with Gasteiger partial charge in [-0.2, -0.15) is 0 Å². The molecule has 1 amide bonds. The van der Waals surface area contributed by atoms with Gasteiger partial charge in [-0.1, -0.05) is 0 Å². The third kappa shape index (κ3) is 2.65.